The molecule has 3 nitrogen and oxygen atoms in total. The van der Waals surface area contributed by atoms with Gasteiger partial charge in [0.25, 0.3) is 0 Å². The van der Waals surface area contributed by atoms with Gasteiger partial charge in [0.1, 0.15) is 5.75 Å². The first-order valence-electron chi connectivity index (χ1n) is 7.63. The molecule has 0 radical (unpaired) electrons. The normalized spacial score (nSPS) is 11.2. The lowest BCUT2D eigenvalue weighted by molar-refractivity contribution is -0.131. The van der Waals surface area contributed by atoms with Gasteiger partial charge in [0.2, 0.25) is 0 Å². The summed E-state index contributed by atoms with van der Waals surface area (Å²) in [4.78, 5) is 22.5. The van der Waals surface area contributed by atoms with Crippen molar-refractivity contribution in [3.63, 3.8) is 0 Å². The molecule has 0 aromatic heterocycles. The quantitative estimate of drug-likeness (QED) is 0.476. The molecule has 2 aromatic rings. The van der Waals surface area contributed by atoms with Crippen LogP contribution >= 0.6 is 0 Å². The lowest BCUT2D eigenvalue weighted by Gasteiger charge is -2.27. The summed E-state index contributed by atoms with van der Waals surface area (Å²) in [5, 5.41) is 0. The van der Waals surface area contributed by atoms with Crippen LogP contribution in [0.3, 0.4) is 0 Å². The van der Waals surface area contributed by atoms with Crippen LogP contribution in [-0.4, -0.2) is 11.8 Å². The molecule has 0 saturated heterocycles. The Morgan fingerprint density at radius 2 is 1.48 bits per heavy atom. The van der Waals surface area contributed by atoms with Crippen molar-refractivity contribution in [3.8, 4) is 5.75 Å². The summed E-state index contributed by atoms with van der Waals surface area (Å²) in [7, 11) is 0. The average Bonchev–Trinajstić information content (AvgIpc) is 2.49. The molecule has 0 aliphatic carbocycles. The van der Waals surface area contributed by atoms with Crippen molar-refractivity contribution in [3.05, 3.63) is 64.7 Å². The van der Waals surface area contributed by atoms with Crippen LogP contribution in [-0.2, 0) is 10.2 Å². The molecule has 0 heterocycles. The molecule has 0 amide bonds. The number of ether oxygens (including phenoxy) is 1. The Balaban J connectivity index is 2.36. The molecule has 0 aliphatic rings. The molecule has 0 fully saturated rings. The molecule has 2 aromatic carbocycles. The average molecular weight is 310 g/mol. The van der Waals surface area contributed by atoms with Crippen LogP contribution in [0.25, 0.3) is 0 Å². The van der Waals surface area contributed by atoms with Gasteiger partial charge in [-0.25, -0.2) is 0 Å². The Kier molecular flexibility index (Phi) is 4.69. The minimum absolute atomic E-state index is 0.0657. The van der Waals surface area contributed by atoms with Crippen LogP contribution in [0.1, 0.15) is 54.7 Å². The Morgan fingerprint density at radius 1 is 0.913 bits per heavy atom. The maximum atomic E-state index is 11.4. The Labute approximate surface area is 137 Å². The maximum Gasteiger partial charge on any atom is 0.308 e. The third-order valence-corrected chi connectivity index (χ3v) is 4.16. The van der Waals surface area contributed by atoms with Crippen LogP contribution in [0, 0.1) is 6.92 Å². The summed E-state index contributed by atoms with van der Waals surface area (Å²) >= 11 is 0. The zero-order valence-electron chi connectivity index (χ0n) is 14.3. The fourth-order valence-corrected chi connectivity index (χ4v) is 2.60. The largest absolute Gasteiger partial charge is 0.426 e. The number of ketones is 1. The molecule has 3 heteroatoms. The molecule has 0 atom stereocenters. The van der Waals surface area contributed by atoms with Gasteiger partial charge in [-0.05, 0) is 36.6 Å². The van der Waals surface area contributed by atoms with Gasteiger partial charge in [-0.3, -0.25) is 9.59 Å². The smallest absolute Gasteiger partial charge is 0.308 e. The Hall–Kier alpha value is -2.42. The second-order valence-electron chi connectivity index (χ2n) is 6.33. The van der Waals surface area contributed by atoms with E-state index in [0.717, 1.165) is 16.7 Å². The molecule has 0 bridgehead atoms. The Morgan fingerprint density at radius 3 is 1.96 bits per heavy atom. The molecule has 0 unspecified atom stereocenters. The van der Waals surface area contributed by atoms with E-state index in [1.165, 1.54) is 6.92 Å². The second kappa shape index (κ2) is 6.37. The first kappa shape index (κ1) is 16.9. The summed E-state index contributed by atoms with van der Waals surface area (Å²) in [6, 6.07) is 13.6. The fraction of sp³-hybridized carbons (Fsp3) is 0.300. The van der Waals surface area contributed by atoms with Gasteiger partial charge in [-0.15, -0.1) is 0 Å². The predicted molar refractivity (Wildman–Crippen MR) is 91.1 cm³/mol. The molecule has 0 aliphatic heterocycles. The van der Waals surface area contributed by atoms with E-state index < -0.39 is 0 Å². The summed E-state index contributed by atoms with van der Waals surface area (Å²) in [5.74, 6) is 0.333. The molecule has 0 N–H and O–H groups in total. The van der Waals surface area contributed by atoms with Crippen molar-refractivity contribution in [2.75, 3.05) is 0 Å². The maximum absolute atomic E-state index is 11.4. The lowest BCUT2D eigenvalue weighted by Crippen LogP contribution is -2.19. The van der Waals surface area contributed by atoms with Gasteiger partial charge in [0.05, 0.1) is 0 Å². The standard InChI is InChI=1S/C20H22O3/c1-13-12-18(10-11-19(13)23-15(3)22)20(4,5)17-8-6-16(7-9-17)14(2)21/h6-12H,1-5H3. The third kappa shape index (κ3) is 3.67. The molecule has 0 saturated carbocycles. The van der Waals surface area contributed by atoms with Crippen LogP contribution in [0.4, 0.5) is 0 Å². The van der Waals surface area contributed by atoms with Gasteiger partial charge in [-0.2, -0.15) is 0 Å². The third-order valence-electron chi connectivity index (χ3n) is 4.16. The zero-order valence-corrected chi connectivity index (χ0v) is 14.3. The van der Waals surface area contributed by atoms with Crippen molar-refractivity contribution in [2.24, 2.45) is 0 Å². The SMILES string of the molecule is CC(=O)Oc1ccc(C(C)(C)c2ccc(C(C)=O)cc2)cc1C. The fourth-order valence-electron chi connectivity index (χ4n) is 2.60. The monoisotopic (exact) mass is 310 g/mol. The van der Waals surface area contributed by atoms with E-state index in [1.807, 2.05) is 49.4 Å². The number of aryl methyl sites for hydroxylation is 1. The highest BCUT2D eigenvalue weighted by Gasteiger charge is 2.24. The number of benzene rings is 2. The summed E-state index contributed by atoms with van der Waals surface area (Å²) in [5.41, 5.74) is 3.68. The predicted octanol–water partition coefficient (Wildman–Crippen LogP) is 4.45. The number of esters is 1. The van der Waals surface area contributed by atoms with Gasteiger partial charge in [-0.1, -0.05) is 50.2 Å². The lowest BCUT2D eigenvalue weighted by atomic mass is 9.77. The van der Waals surface area contributed by atoms with Crippen molar-refractivity contribution in [1.29, 1.82) is 0 Å². The molecular weight excluding hydrogens is 288 g/mol. The van der Waals surface area contributed by atoms with Crippen molar-refractivity contribution < 1.29 is 14.3 Å². The minimum Gasteiger partial charge on any atom is -0.426 e. The van der Waals surface area contributed by atoms with Gasteiger partial charge in [0.15, 0.2) is 5.78 Å². The van der Waals surface area contributed by atoms with E-state index in [2.05, 4.69) is 13.8 Å². The van der Waals surface area contributed by atoms with Crippen molar-refractivity contribution in [2.45, 2.75) is 40.0 Å². The van der Waals surface area contributed by atoms with Crippen molar-refractivity contribution in [1.82, 2.24) is 0 Å². The molecule has 120 valence electrons. The topological polar surface area (TPSA) is 43.4 Å². The molecule has 0 spiro atoms. The summed E-state index contributed by atoms with van der Waals surface area (Å²) in [6.45, 7) is 9.16. The molecule has 2 rings (SSSR count). The summed E-state index contributed by atoms with van der Waals surface area (Å²) < 4.78 is 5.18. The minimum atomic E-state index is -0.320. The van der Waals surface area contributed by atoms with Gasteiger partial charge < -0.3 is 4.74 Å². The van der Waals surface area contributed by atoms with Gasteiger partial charge in [0, 0.05) is 17.9 Å². The van der Waals surface area contributed by atoms with E-state index in [9.17, 15) is 9.59 Å². The van der Waals surface area contributed by atoms with E-state index in [0.29, 0.717) is 11.3 Å². The zero-order chi connectivity index (χ0) is 17.2. The van der Waals surface area contributed by atoms with Crippen LogP contribution in [0.5, 0.6) is 5.75 Å². The van der Waals surface area contributed by atoms with E-state index in [-0.39, 0.29) is 17.2 Å². The first-order chi connectivity index (χ1) is 10.7. The molecular formula is C20H22O3. The highest BCUT2D eigenvalue weighted by Crippen LogP contribution is 2.34. The highest BCUT2D eigenvalue weighted by molar-refractivity contribution is 5.94. The van der Waals surface area contributed by atoms with Crippen LogP contribution in [0.2, 0.25) is 0 Å². The number of hydrogen-bond donors (Lipinski definition) is 0. The number of hydrogen-bond acceptors (Lipinski definition) is 3. The first-order valence-corrected chi connectivity index (χ1v) is 7.63. The highest BCUT2D eigenvalue weighted by atomic mass is 16.5. The number of Topliss-reactive ketones (excluding diaryl/α,β-unsaturated/α-hetero) is 1. The number of rotatable bonds is 4. The van der Waals surface area contributed by atoms with Crippen LogP contribution < -0.4 is 4.74 Å². The number of carbonyl (C=O) groups excluding carboxylic acids is 2. The number of carbonyl (C=O) groups is 2. The molecule has 23 heavy (non-hydrogen) atoms. The van der Waals surface area contributed by atoms with Gasteiger partial charge >= 0.3 is 5.97 Å². The van der Waals surface area contributed by atoms with E-state index in [1.54, 1.807) is 6.92 Å². The summed E-state index contributed by atoms with van der Waals surface area (Å²) in [6.07, 6.45) is 0. The second-order valence-corrected chi connectivity index (χ2v) is 6.33. The van der Waals surface area contributed by atoms with E-state index >= 15 is 0 Å². The Bertz CT molecular complexity index is 740. The van der Waals surface area contributed by atoms with Crippen molar-refractivity contribution >= 4 is 11.8 Å². The van der Waals surface area contributed by atoms with E-state index in [4.69, 9.17) is 4.74 Å². The van der Waals surface area contributed by atoms with Crippen LogP contribution in [0.15, 0.2) is 42.5 Å².